The number of anilines is 1. The molecular formula is C24H24FN5OS. The van der Waals surface area contributed by atoms with Gasteiger partial charge < -0.3 is 0 Å². The number of hydrogen-bond donors (Lipinski definition) is 1. The molecule has 0 saturated carbocycles. The van der Waals surface area contributed by atoms with Crippen molar-refractivity contribution in [1.29, 1.82) is 0 Å². The van der Waals surface area contributed by atoms with E-state index in [1.54, 1.807) is 29.1 Å². The SMILES string of the molecule is CCCc1sc(NC(=O)c2cnn(C(C)C)c2-c2ccccc2F)nc1-c1ccccn1. The highest BCUT2D eigenvalue weighted by molar-refractivity contribution is 7.16. The summed E-state index contributed by atoms with van der Waals surface area (Å²) in [5.74, 6) is -0.777. The Morgan fingerprint density at radius 1 is 1.19 bits per heavy atom. The molecule has 32 heavy (non-hydrogen) atoms. The molecule has 0 aliphatic heterocycles. The van der Waals surface area contributed by atoms with Crippen LogP contribution in [0.4, 0.5) is 9.52 Å². The average molecular weight is 450 g/mol. The molecule has 0 aliphatic carbocycles. The number of aryl methyl sites for hydroxylation is 1. The van der Waals surface area contributed by atoms with Gasteiger partial charge >= 0.3 is 0 Å². The number of thiazole rings is 1. The van der Waals surface area contributed by atoms with E-state index < -0.39 is 5.82 Å². The van der Waals surface area contributed by atoms with Gasteiger partial charge in [-0.25, -0.2) is 9.37 Å². The average Bonchev–Trinajstić information content (AvgIpc) is 3.39. The van der Waals surface area contributed by atoms with Crippen LogP contribution in [0.15, 0.2) is 54.9 Å². The van der Waals surface area contributed by atoms with Crippen molar-refractivity contribution in [1.82, 2.24) is 19.7 Å². The monoisotopic (exact) mass is 449 g/mol. The molecule has 6 nitrogen and oxygen atoms in total. The first-order valence-electron chi connectivity index (χ1n) is 10.5. The minimum absolute atomic E-state index is 0.0436. The number of amides is 1. The zero-order valence-electron chi connectivity index (χ0n) is 18.2. The predicted molar refractivity (Wildman–Crippen MR) is 125 cm³/mol. The van der Waals surface area contributed by atoms with E-state index >= 15 is 0 Å². The number of nitrogens with one attached hydrogen (secondary N) is 1. The molecule has 0 spiro atoms. The number of nitrogens with zero attached hydrogens (tertiary/aromatic N) is 4. The number of aromatic nitrogens is 4. The maximum atomic E-state index is 14.6. The molecule has 0 fully saturated rings. The van der Waals surface area contributed by atoms with Crippen molar-refractivity contribution in [3.05, 3.63) is 71.1 Å². The summed E-state index contributed by atoms with van der Waals surface area (Å²) in [4.78, 5) is 23.4. The van der Waals surface area contributed by atoms with E-state index in [-0.39, 0.29) is 11.9 Å². The van der Waals surface area contributed by atoms with E-state index in [1.807, 2.05) is 32.0 Å². The highest BCUT2D eigenvalue weighted by Crippen LogP contribution is 2.33. The summed E-state index contributed by atoms with van der Waals surface area (Å²) in [7, 11) is 0. The topological polar surface area (TPSA) is 72.7 Å². The number of carbonyl (C=O) groups is 1. The lowest BCUT2D eigenvalue weighted by Gasteiger charge is -2.13. The minimum Gasteiger partial charge on any atom is -0.298 e. The second-order valence-corrected chi connectivity index (χ2v) is 8.72. The molecule has 0 bridgehead atoms. The van der Waals surface area contributed by atoms with Crippen LogP contribution in [-0.4, -0.2) is 25.7 Å². The highest BCUT2D eigenvalue weighted by Gasteiger charge is 2.24. The number of pyridine rings is 1. The molecule has 3 aromatic heterocycles. The van der Waals surface area contributed by atoms with E-state index in [9.17, 15) is 9.18 Å². The summed E-state index contributed by atoms with van der Waals surface area (Å²) in [5.41, 5.74) is 2.64. The second-order valence-electron chi connectivity index (χ2n) is 7.63. The normalized spacial score (nSPS) is 11.2. The Morgan fingerprint density at radius 3 is 2.66 bits per heavy atom. The molecule has 164 valence electrons. The molecule has 1 N–H and O–H groups in total. The fourth-order valence-electron chi connectivity index (χ4n) is 3.51. The summed E-state index contributed by atoms with van der Waals surface area (Å²) in [6.07, 6.45) is 5.00. The van der Waals surface area contributed by atoms with Gasteiger partial charge in [-0.1, -0.05) is 31.5 Å². The molecule has 4 aromatic rings. The van der Waals surface area contributed by atoms with Crippen LogP contribution in [0.3, 0.4) is 0 Å². The summed E-state index contributed by atoms with van der Waals surface area (Å²) >= 11 is 1.44. The number of benzene rings is 1. The molecule has 8 heteroatoms. The first kappa shape index (κ1) is 21.8. The van der Waals surface area contributed by atoms with Crippen LogP contribution in [0.25, 0.3) is 22.6 Å². The Labute approximate surface area is 190 Å². The van der Waals surface area contributed by atoms with Crippen LogP contribution < -0.4 is 5.32 Å². The van der Waals surface area contributed by atoms with Crippen molar-refractivity contribution in [3.8, 4) is 22.6 Å². The van der Waals surface area contributed by atoms with Gasteiger partial charge in [0.15, 0.2) is 5.13 Å². The van der Waals surface area contributed by atoms with Gasteiger partial charge in [0.25, 0.3) is 5.91 Å². The molecule has 0 radical (unpaired) electrons. The molecule has 0 atom stereocenters. The van der Waals surface area contributed by atoms with Crippen molar-refractivity contribution >= 4 is 22.4 Å². The number of halogens is 1. The van der Waals surface area contributed by atoms with Crippen molar-refractivity contribution in [2.24, 2.45) is 0 Å². The standard InChI is InChI=1S/C24H24FN5OS/c1-4-9-20-21(19-12-7-8-13-26-19)28-24(32-20)29-23(31)17-14-27-30(15(2)3)22(17)16-10-5-6-11-18(16)25/h5-8,10-15H,4,9H2,1-3H3,(H,28,29,31). The fraction of sp³-hybridized carbons (Fsp3) is 0.250. The Kier molecular flexibility index (Phi) is 6.41. The van der Waals surface area contributed by atoms with Gasteiger partial charge in [-0.2, -0.15) is 5.10 Å². The van der Waals surface area contributed by atoms with E-state index in [2.05, 4.69) is 27.3 Å². The van der Waals surface area contributed by atoms with E-state index in [1.165, 1.54) is 23.6 Å². The molecule has 0 aliphatic rings. The van der Waals surface area contributed by atoms with Crippen molar-refractivity contribution < 1.29 is 9.18 Å². The van der Waals surface area contributed by atoms with Gasteiger partial charge in [-0.05, 0) is 44.5 Å². The fourth-order valence-corrected chi connectivity index (χ4v) is 4.58. The minimum atomic E-state index is -0.402. The Bertz CT molecular complexity index is 1230. The van der Waals surface area contributed by atoms with Crippen molar-refractivity contribution in [2.75, 3.05) is 5.32 Å². The molecular weight excluding hydrogens is 425 g/mol. The zero-order chi connectivity index (χ0) is 22.7. The maximum absolute atomic E-state index is 14.6. The summed E-state index contributed by atoms with van der Waals surface area (Å²) < 4.78 is 16.3. The third-order valence-corrected chi connectivity index (χ3v) is 5.99. The van der Waals surface area contributed by atoms with Crippen LogP contribution >= 0.6 is 11.3 Å². The molecule has 3 heterocycles. The quantitative estimate of drug-likeness (QED) is 0.376. The smallest absolute Gasteiger partial charge is 0.261 e. The third kappa shape index (κ3) is 4.31. The lowest BCUT2D eigenvalue weighted by molar-refractivity contribution is 0.102. The van der Waals surface area contributed by atoms with Gasteiger partial charge in [-0.15, -0.1) is 11.3 Å². The van der Waals surface area contributed by atoms with Gasteiger partial charge in [0.05, 0.1) is 23.1 Å². The first-order chi connectivity index (χ1) is 15.5. The van der Waals surface area contributed by atoms with E-state index in [0.717, 1.165) is 29.1 Å². The van der Waals surface area contributed by atoms with Crippen LogP contribution in [0, 0.1) is 5.82 Å². The number of carbonyl (C=O) groups excluding carboxylic acids is 1. The lowest BCUT2D eigenvalue weighted by Crippen LogP contribution is -2.14. The Hall–Kier alpha value is -3.39. The van der Waals surface area contributed by atoms with E-state index in [4.69, 9.17) is 0 Å². The summed E-state index contributed by atoms with van der Waals surface area (Å²) in [5, 5.41) is 7.73. The van der Waals surface area contributed by atoms with Gasteiger partial charge in [0, 0.05) is 22.7 Å². The van der Waals surface area contributed by atoms with Crippen LogP contribution in [0.1, 0.15) is 48.5 Å². The highest BCUT2D eigenvalue weighted by atomic mass is 32.1. The summed E-state index contributed by atoms with van der Waals surface area (Å²) in [6.45, 7) is 5.98. The largest absolute Gasteiger partial charge is 0.298 e. The van der Waals surface area contributed by atoms with Crippen LogP contribution in [0.2, 0.25) is 0 Å². The Balaban J connectivity index is 1.71. The third-order valence-electron chi connectivity index (χ3n) is 4.96. The molecule has 1 amide bonds. The predicted octanol–water partition coefficient (Wildman–Crippen LogP) is 5.99. The van der Waals surface area contributed by atoms with Crippen molar-refractivity contribution in [3.63, 3.8) is 0 Å². The summed E-state index contributed by atoms with van der Waals surface area (Å²) in [6, 6.07) is 12.0. The van der Waals surface area contributed by atoms with Crippen LogP contribution in [0.5, 0.6) is 0 Å². The molecule has 0 unspecified atom stereocenters. The van der Waals surface area contributed by atoms with E-state index in [0.29, 0.717) is 22.0 Å². The van der Waals surface area contributed by atoms with Crippen molar-refractivity contribution in [2.45, 2.75) is 39.7 Å². The molecule has 0 saturated heterocycles. The van der Waals surface area contributed by atoms with Gasteiger partial charge in [0.2, 0.25) is 0 Å². The molecule has 1 aromatic carbocycles. The number of rotatable bonds is 7. The first-order valence-corrected chi connectivity index (χ1v) is 11.4. The van der Waals surface area contributed by atoms with Gasteiger partial charge in [-0.3, -0.25) is 19.8 Å². The molecule has 4 rings (SSSR count). The van der Waals surface area contributed by atoms with Crippen LogP contribution in [-0.2, 0) is 6.42 Å². The lowest BCUT2D eigenvalue weighted by atomic mass is 10.1. The Morgan fingerprint density at radius 2 is 1.97 bits per heavy atom. The maximum Gasteiger partial charge on any atom is 0.261 e. The number of hydrogen-bond acceptors (Lipinski definition) is 5. The zero-order valence-corrected chi connectivity index (χ0v) is 19.0. The van der Waals surface area contributed by atoms with Gasteiger partial charge in [0.1, 0.15) is 11.5 Å². The second kappa shape index (κ2) is 9.40.